The maximum absolute atomic E-state index is 6.41. The van der Waals surface area contributed by atoms with Gasteiger partial charge in [0.05, 0.1) is 24.0 Å². The van der Waals surface area contributed by atoms with E-state index in [-0.39, 0.29) is 12.1 Å². The molecule has 1 fully saturated rings. The van der Waals surface area contributed by atoms with Crippen molar-refractivity contribution in [2.45, 2.75) is 25.6 Å². The number of furan rings is 1. The fourth-order valence-corrected chi connectivity index (χ4v) is 4.54. The smallest absolute Gasteiger partial charge is 0.170 e. The summed E-state index contributed by atoms with van der Waals surface area (Å²) in [7, 11) is 0. The minimum Gasteiger partial charge on any atom is -0.459 e. The second-order valence-electron chi connectivity index (χ2n) is 7.74. The lowest BCUT2D eigenvalue weighted by Gasteiger charge is -2.25. The summed E-state index contributed by atoms with van der Waals surface area (Å²) in [6.07, 6.45) is 3.58. The SMILES string of the molecule is Cc1ccc(Cl)cc1-c1ccc([C@@H]2[C@H](c3ccccn3)NC(=S)N2Cc2ccccn2)o1. The van der Waals surface area contributed by atoms with Crippen molar-refractivity contribution in [3.05, 3.63) is 107 Å². The molecule has 0 unspecified atom stereocenters. The molecule has 32 heavy (non-hydrogen) atoms. The van der Waals surface area contributed by atoms with Crippen LogP contribution in [0.2, 0.25) is 5.02 Å². The van der Waals surface area contributed by atoms with E-state index in [1.54, 1.807) is 12.4 Å². The number of rotatable bonds is 5. The fraction of sp³-hybridized carbons (Fsp3) is 0.160. The van der Waals surface area contributed by atoms with Crippen LogP contribution in [0.15, 0.2) is 83.5 Å². The average Bonchev–Trinajstić information content (AvgIpc) is 3.42. The maximum Gasteiger partial charge on any atom is 0.170 e. The van der Waals surface area contributed by atoms with Crippen LogP contribution in [0, 0.1) is 6.92 Å². The monoisotopic (exact) mass is 460 g/mol. The van der Waals surface area contributed by atoms with Crippen LogP contribution >= 0.6 is 23.8 Å². The van der Waals surface area contributed by atoms with Crippen molar-refractivity contribution < 1.29 is 4.42 Å². The van der Waals surface area contributed by atoms with Crippen LogP contribution in [0.5, 0.6) is 0 Å². The summed E-state index contributed by atoms with van der Waals surface area (Å²) < 4.78 is 6.41. The molecule has 1 aliphatic heterocycles. The van der Waals surface area contributed by atoms with E-state index < -0.39 is 0 Å². The highest BCUT2D eigenvalue weighted by molar-refractivity contribution is 7.80. The van der Waals surface area contributed by atoms with Gasteiger partial charge < -0.3 is 14.6 Å². The van der Waals surface area contributed by atoms with Crippen molar-refractivity contribution in [3.63, 3.8) is 0 Å². The summed E-state index contributed by atoms with van der Waals surface area (Å²) in [5.74, 6) is 1.58. The van der Waals surface area contributed by atoms with Crippen molar-refractivity contribution in [2.24, 2.45) is 0 Å². The molecule has 4 heterocycles. The van der Waals surface area contributed by atoms with E-state index >= 15 is 0 Å². The first-order valence-corrected chi connectivity index (χ1v) is 11.1. The number of hydrogen-bond acceptors (Lipinski definition) is 4. The Morgan fingerprint density at radius 3 is 2.59 bits per heavy atom. The molecule has 5 rings (SSSR count). The molecule has 1 N–H and O–H groups in total. The fourth-order valence-electron chi connectivity index (χ4n) is 4.07. The minimum atomic E-state index is -0.173. The Morgan fingerprint density at radius 2 is 1.84 bits per heavy atom. The Bertz CT molecular complexity index is 1250. The summed E-state index contributed by atoms with van der Waals surface area (Å²) in [5.41, 5.74) is 3.91. The van der Waals surface area contributed by atoms with E-state index in [0.29, 0.717) is 16.7 Å². The number of nitrogens with one attached hydrogen (secondary N) is 1. The van der Waals surface area contributed by atoms with Gasteiger partial charge in [0.2, 0.25) is 0 Å². The first-order chi connectivity index (χ1) is 15.6. The number of nitrogens with zero attached hydrogens (tertiary/aromatic N) is 3. The molecular formula is C25H21ClN4OS. The number of aryl methyl sites for hydroxylation is 1. The summed E-state index contributed by atoms with van der Waals surface area (Å²) in [5, 5.41) is 4.77. The number of aromatic nitrogens is 2. The van der Waals surface area contributed by atoms with Gasteiger partial charge in [-0.05, 0) is 73.2 Å². The van der Waals surface area contributed by atoms with Gasteiger partial charge in [-0.25, -0.2) is 0 Å². The molecule has 0 aliphatic carbocycles. The largest absolute Gasteiger partial charge is 0.459 e. The highest BCUT2D eigenvalue weighted by Crippen LogP contribution is 2.41. The molecule has 0 saturated carbocycles. The Kier molecular flexibility index (Phi) is 5.64. The van der Waals surface area contributed by atoms with E-state index in [0.717, 1.165) is 34.0 Å². The molecule has 1 aliphatic rings. The van der Waals surface area contributed by atoms with E-state index in [4.69, 9.17) is 28.2 Å². The lowest BCUT2D eigenvalue weighted by atomic mass is 10.0. The second kappa shape index (κ2) is 8.73. The quantitative estimate of drug-likeness (QED) is 0.376. The molecule has 0 spiro atoms. The van der Waals surface area contributed by atoms with Gasteiger partial charge in [-0.15, -0.1) is 0 Å². The van der Waals surface area contributed by atoms with E-state index in [1.807, 2.05) is 73.7 Å². The molecule has 5 nitrogen and oxygen atoms in total. The van der Waals surface area contributed by atoms with Gasteiger partial charge in [-0.3, -0.25) is 9.97 Å². The lowest BCUT2D eigenvalue weighted by molar-refractivity contribution is 0.267. The maximum atomic E-state index is 6.41. The van der Waals surface area contributed by atoms with Crippen molar-refractivity contribution >= 4 is 28.9 Å². The van der Waals surface area contributed by atoms with E-state index in [2.05, 4.69) is 20.2 Å². The zero-order valence-corrected chi connectivity index (χ0v) is 19.0. The Hall–Kier alpha value is -3.22. The Labute approximate surface area is 197 Å². The topological polar surface area (TPSA) is 54.2 Å². The zero-order valence-electron chi connectivity index (χ0n) is 17.4. The predicted octanol–water partition coefficient (Wildman–Crippen LogP) is 5.87. The highest BCUT2D eigenvalue weighted by atomic mass is 35.5. The summed E-state index contributed by atoms with van der Waals surface area (Å²) in [6.45, 7) is 2.61. The molecular weight excluding hydrogens is 440 g/mol. The van der Waals surface area contributed by atoms with Gasteiger partial charge in [0, 0.05) is 23.0 Å². The molecule has 0 amide bonds. The van der Waals surface area contributed by atoms with Crippen molar-refractivity contribution in [1.82, 2.24) is 20.2 Å². The Morgan fingerprint density at radius 1 is 1.03 bits per heavy atom. The molecule has 3 aromatic heterocycles. The normalized spacial score (nSPS) is 18.1. The molecule has 4 aromatic rings. The second-order valence-corrected chi connectivity index (χ2v) is 8.56. The van der Waals surface area contributed by atoms with Gasteiger partial charge in [-0.1, -0.05) is 29.8 Å². The van der Waals surface area contributed by atoms with Crippen LogP contribution in [0.3, 0.4) is 0 Å². The average molecular weight is 461 g/mol. The zero-order chi connectivity index (χ0) is 22.1. The standard InChI is InChI=1S/C25H21ClN4OS/c1-16-8-9-17(26)14-19(16)21-10-11-22(31-21)24-23(20-7-3-5-13-28-20)29-25(32)30(24)15-18-6-2-4-12-27-18/h2-14,23-24H,15H2,1H3,(H,29,32)/t23-,24+/m0/s1. The van der Waals surface area contributed by atoms with Crippen LogP contribution in [-0.2, 0) is 6.54 Å². The van der Waals surface area contributed by atoms with E-state index in [1.165, 1.54) is 0 Å². The van der Waals surface area contributed by atoms with Crippen LogP contribution < -0.4 is 5.32 Å². The molecule has 160 valence electrons. The molecule has 1 saturated heterocycles. The van der Waals surface area contributed by atoms with Crippen LogP contribution in [0.25, 0.3) is 11.3 Å². The third-order valence-electron chi connectivity index (χ3n) is 5.64. The number of hydrogen-bond donors (Lipinski definition) is 1. The number of halogens is 1. The highest BCUT2D eigenvalue weighted by Gasteiger charge is 2.41. The lowest BCUT2D eigenvalue weighted by Crippen LogP contribution is -2.29. The molecule has 2 atom stereocenters. The third-order valence-corrected chi connectivity index (χ3v) is 6.23. The first kappa shape index (κ1) is 20.7. The molecule has 1 aromatic carbocycles. The molecule has 0 radical (unpaired) electrons. The van der Waals surface area contributed by atoms with Gasteiger partial charge in [0.25, 0.3) is 0 Å². The van der Waals surface area contributed by atoms with Gasteiger partial charge in [0.1, 0.15) is 17.6 Å². The molecule has 7 heteroatoms. The van der Waals surface area contributed by atoms with Crippen molar-refractivity contribution in [3.8, 4) is 11.3 Å². The minimum absolute atomic E-state index is 0.146. The van der Waals surface area contributed by atoms with Gasteiger partial charge in [0.15, 0.2) is 5.11 Å². The van der Waals surface area contributed by atoms with E-state index in [9.17, 15) is 0 Å². The van der Waals surface area contributed by atoms with Crippen molar-refractivity contribution in [1.29, 1.82) is 0 Å². The van der Waals surface area contributed by atoms with Crippen LogP contribution in [0.1, 0.15) is 34.8 Å². The predicted molar refractivity (Wildman–Crippen MR) is 129 cm³/mol. The third kappa shape index (κ3) is 3.99. The number of benzene rings is 1. The summed E-state index contributed by atoms with van der Waals surface area (Å²) >= 11 is 12.0. The van der Waals surface area contributed by atoms with Gasteiger partial charge >= 0.3 is 0 Å². The van der Waals surface area contributed by atoms with Crippen molar-refractivity contribution in [2.75, 3.05) is 0 Å². The first-order valence-electron chi connectivity index (χ1n) is 10.3. The van der Waals surface area contributed by atoms with Gasteiger partial charge in [-0.2, -0.15) is 0 Å². The number of thiocarbonyl (C=S) groups is 1. The summed E-state index contributed by atoms with van der Waals surface area (Å²) in [6, 6.07) is 21.3. The summed E-state index contributed by atoms with van der Waals surface area (Å²) in [4.78, 5) is 11.2. The Balaban J connectivity index is 1.56. The van der Waals surface area contributed by atoms with Crippen LogP contribution in [-0.4, -0.2) is 20.0 Å². The number of pyridine rings is 2. The van der Waals surface area contributed by atoms with Crippen LogP contribution in [0.4, 0.5) is 0 Å². The molecule has 0 bridgehead atoms.